The SMILES string of the molecule is CNC(c1ccc(OC)cc1)c1cc(C)c(F)cc1Cl. The Balaban J connectivity index is 2.43. The molecule has 0 aliphatic heterocycles. The third kappa shape index (κ3) is 2.94. The van der Waals surface area contributed by atoms with E-state index in [1.807, 2.05) is 31.3 Å². The van der Waals surface area contributed by atoms with Gasteiger partial charge >= 0.3 is 0 Å². The number of nitrogens with one attached hydrogen (secondary N) is 1. The van der Waals surface area contributed by atoms with Crippen molar-refractivity contribution in [2.75, 3.05) is 14.2 Å². The topological polar surface area (TPSA) is 21.3 Å². The summed E-state index contributed by atoms with van der Waals surface area (Å²) in [5.41, 5.74) is 2.48. The first kappa shape index (κ1) is 14.8. The molecule has 0 heterocycles. The summed E-state index contributed by atoms with van der Waals surface area (Å²) in [7, 11) is 3.48. The Morgan fingerprint density at radius 1 is 1.20 bits per heavy atom. The zero-order chi connectivity index (χ0) is 14.7. The molecule has 2 nitrogen and oxygen atoms in total. The van der Waals surface area contributed by atoms with Crippen molar-refractivity contribution < 1.29 is 9.13 Å². The van der Waals surface area contributed by atoms with Crippen LogP contribution in [0.4, 0.5) is 4.39 Å². The van der Waals surface area contributed by atoms with E-state index in [2.05, 4.69) is 5.32 Å². The highest BCUT2D eigenvalue weighted by Crippen LogP contribution is 2.31. The predicted molar refractivity (Wildman–Crippen MR) is 80.0 cm³/mol. The van der Waals surface area contributed by atoms with Gasteiger partial charge in [-0.05, 0) is 54.9 Å². The van der Waals surface area contributed by atoms with E-state index in [-0.39, 0.29) is 11.9 Å². The lowest BCUT2D eigenvalue weighted by molar-refractivity contribution is 0.414. The molecule has 0 bridgehead atoms. The molecule has 0 spiro atoms. The first-order valence-corrected chi connectivity index (χ1v) is 6.71. The van der Waals surface area contributed by atoms with Crippen LogP contribution in [-0.4, -0.2) is 14.2 Å². The Hall–Kier alpha value is -1.58. The van der Waals surface area contributed by atoms with Crippen LogP contribution in [0.25, 0.3) is 0 Å². The molecule has 2 rings (SSSR count). The second-order valence-electron chi connectivity index (χ2n) is 4.62. The van der Waals surface area contributed by atoms with Crippen LogP contribution < -0.4 is 10.1 Å². The van der Waals surface area contributed by atoms with Crippen molar-refractivity contribution in [1.29, 1.82) is 0 Å². The van der Waals surface area contributed by atoms with E-state index in [9.17, 15) is 4.39 Å². The first-order valence-electron chi connectivity index (χ1n) is 6.33. The first-order chi connectivity index (χ1) is 9.56. The van der Waals surface area contributed by atoms with Crippen molar-refractivity contribution in [2.45, 2.75) is 13.0 Å². The van der Waals surface area contributed by atoms with Crippen LogP contribution in [0.2, 0.25) is 5.02 Å². The summed E-state index contributed by atoms with van der Waals surface area (Å²) in [6.07, 6.45) is 0. The molecule has 1 atom stereocenters. The van der Waals surface area contributed by atoms with E-state index >= 15 is 0 Å². The van der Waals surface area contributed by atoms with Gasteiger partial charge in [-0.1, -0.05) is 23.7 Å². The minimum Gasteiger partial charge on any atom is -0.497 e. The van der Waals surface area contributed by atoms with Crippen molar-refractivity contribution in [3.63, 3.8) is 0 Å². The van der Waals surface area contributed by atoms with E-state index in [1.165, 1.54) is 6.07 Å². The summed E-state index contributed by atoms with van der Waals surface area (Å²) in [6, 6.07) is 10.8. The molecule has 0 saturated carbocycles. The molecule has 1 N–H and O–H groups in total. The number of hydrogen-bond acceptors (Lipinski definition) is 2. The molecule has 0 fully saturated rings. The number of benzene rings is 2. The van der Waals surface area contributed by atoms with E-state index < -0.39 is 0 Å². The Morgan fingerprint density at radius 3 is 2.40 bits per heavy atom. The number of ether oxygens (including phenoxy) is 1. The quantitative estimate of drug-likeness (QED) is 0.916. The van der Waals surface area contributed by atoms with Gasteiger partial charge in [0.1, 0.15) is 11.6 Å². The third-order valence-corrected chi connectivity index (χ3v) is 3.65. The predicted octanol–water partition coefficient (Wildman–Crippen LogP) is 4.10. The van der Waals surface area contributed by atoms with Gasteiger partial charge in [0, 0.05) is 5.02 Å². The zero-order valence-electron chi connectivity index (χ0n) is 11.7. The van der Waals surface area contributed by atoms with Crippen molar-refractivity contribution in [2.24, 2.45) is 0 Å². The second kappa shape index (κ2) is 6.25. The van der Waals surface area contributed by atoms with Crippen LogP contribution in [0.1, 0.15) is 22.7 Å². The fraction of sp³-hybridized carbons (Fsp3) is 0.250. The molecule has 0 amide bonds. The van der Waals surface area contributed by atoms with E-state index in [4.69, 9.17) is 16.3 Å². The van der Waals surface area contributed by atoms with Crippen LogP contribution in [0.3, 0.4) is 0 Å². The Bertz CT molecular complexity index is 598. The highest BCUT2D eigenvalue weighted by atomic mass is 35.5. The summed E-state index contributed by atoms with van der Waals surface area (Å²) in [4.78, 5) is 0. The number of rotatable bonds is 4. The van der Waals surface area contributed by atoms with Crippen molar-refractivity contribution in [3.8, 4) is 5.75 Å². The lowest BCUT2D eigenvalue weighted by Crippen LogP contribution is -2.18. The maximum Gasteiger partial charge on any atom is 0.127 e. The van der Waals surface area contributed by atoms with Crippen LogP contribution in [0, 0.1) is 12.7 Å². The normalized spacial score (nSPS) is 12.2. The minimum atomic E-state index is -0.289. The lowest BCUT2D eigenvalue weighted by Gasteiger charge is -2.19. The standard InChI is InChI=1S/C16H17ClFNO/c1-10-8-13(14(17)9-15(10)18)16(19-2)11-4-6-12(20-3)7-5-11/h4-9,16,19H,1-3H3. The van der Waals surface area contributed by atoms with Crippen molar-refractivity contribution in [1.82, 2.24) is 5.32 Å². The van der Waals surface area contributed by atoms with Crippen LogP contribution in [0.15, 0.2) is 36.4 Å². The molecule has 2 aromatic carbocycles. The van der Waals surface area contributed by atoms with Crippen molar-refractivity contribution in [3.05, 3.63) is 63.9 Å². The molecule has 0 aromatic heterocycles. The van der Waals surface area contributed by atoms with Gasteiger partial charge in [-0.25, -0.2) is 4.39 Å². The highest BCUT2D eigenvalue weighted by molar-refractivity contribution is 6.31. The maximum atomic E-state index is 13.5. The average Bonchev–Trinajstić information content (AvgIpc) is 2.46. The minimum absolute atomic E-state index is 0.0901. The molecule has 0 saturated heterocycles. The second-order valence-corrected chi connectivity index (χ2v) is 5.02. The van der Waals surface area contributed by atoms with Crippen LogP contribution in [-0.2, 0) is 0 Å². The fourth-order valence-electron chi connectivity index (χ4n) is 2.20. The van der Waals surface area contributed by atoms with Gasteiger partial charge in [0.05, 0.1) is 13.2 Å². The number of hydrogen-bond donors (Lipinski definition) is 1. The molecule has 4 heteroatoms. The molecular formula is C16H17ClFNO. The molecular weight excluding hydrogens is 277 g/mol. The Labute approximate surface area is 123 Å². The monoisotopic (exact) mass is 293 g/mol. The Morgan fingerprint density at radius 2 is 1.85 bits per heavy atom. The smallest absolute Gasteiger partial charge is 0.127 e. The van der Waals surface area contributed by atoms with E-state index in [0.717, 1.165) is 16.9 Å². The summed E-state index contributed by atoms with van der Waals surface area (Å²) in [5.74, 6) is 0.508. The van der Waals surface area contributed by atoms with Gasteiger partial charge in [-0.15, -0.1) is 0 Å². The summed E-state index contributed by atoms with van der Waals surface area (Å²) >= 11 is 6.18. The molecule has 0 aliphatic rings. The molecule has 2 aromatic rings. The van der Waals surface area contributed by atoms with Crippen LogP contribution in [0.5, 0.6) is 5.75 Å². The van der Waals surface area contributed by atoms with Gasteiger partial charge in [-0.3, -0.25) is 0 Å². The third-order valence-electron chi connectivity index (χ3n) is 3.33. The zero-order valence-corrected chi connectivity index (χ0v) is 12.5. The molecule has 1 unspecified atom stereocenters. The Kier molecular flexibility index (Phi) is 4.63. The van der Waals surface area contributed by atoms with Gasteiger partial charge in [0.25, 0.3) is 0 Å². The number of halogens is 2. The molecule has 20 heavy (non-hydrogen) atoms. The number of aryl methyl sites for hydroxylation is 1. The van der Waals surface area contributed by atoms with E-state index in [1.54, 1.807) is 20.1 Å². The van der Waals surface area contributed by atoms with Crippen molar-refractivity contribution >= 4 is 11.6 Å². The molecule has 106 valence electrons. The fourth-order valence-corrected chi connectivity index (χ4v) is 2.46. The molecule has 0 radical (unpaired) electrons. The summed E-state index contributed by atoms with van der Waals surface area (Å²) in [5, 5.41) is 3.63. The number of methoxy groups -OCH3 is 1. The maximum absolute atomic E-state index is 13.5. The molecule has 0 aliphatic carbocycles. The largest absolute Gasteiger partial charge is 0.497 e. The average molecular weight is 294 g/mol. The lowest BCUT2D eigenvalue weighted by atomic mass is 9.97. The van der Waals surface area contributed by atoms with Crippen LogP contribution >= 0.6 is 11.6 Å². The summed E-state index contributed by atoms with van der Waals surface area (Å²) < 4.78 is 18.7. The van der Waals surface area contributed by atoms with Gasteiger partial charge < -0.3 is 10.1 Å². The highest BCUT2D eigenvalue weighted by Gasteiger charge is 2.17. The summed E-state index contributed by atoms with van der Waals surface area (Å²) in [6.45, 7) is 1.73. The van der Waals surface area contributed by atoms with Gasteiger partial charge in [0.15, 0.2) is 0 Å². The van der Waals surface area contributed by atoms with Gasteiger partial charge in [0.2, 0.25) is 0 Å². The van der Waals surface area contributed by atoms with E-state index in [0.29, 0.717) is 10.6 Å². The van der Waals surface area contributed by atoms with Gasteiger partial charge in [-0.2, -0.15) is 0 Å².